The van der Waals surface area contributed by atoms with Gasteiger partial charge in [-0.15, -0.1) is 0 Å². The van der Waals surface area contributed by atoms with Crippen LogP contribution in [0.3, 0.4) is 0 Å². The van der Waals surface area contributed by atoms with Crippen molar-refractivity contribution in [2.45, 2.75) is 0 Å². The normalized spacial score (nSPS) is 10.4. The highest BCUT2D eigenvalue weighted by molar-refractivity contribution is 4.24. The minimum Gasteiger partial charge on any atom is -0.382 e. The van der Waals surface area contributed by atoms with Gasteiger partial charge in [0, 0.05) is 14.2 Å². The van der Waals surface area contributed by atoms with Crippen molar-refractivity contribution in [3.8, 4) is 0 Å². The van der Waals surface area contributed by atoms with E-state index >= 15 is 0 Å². The van der Waals surface area contributed by atoms with Gasteiger partial charge in [-0.25, -0.2) is 0 Å². The van der Waals surface area contributed by atoms with Gasteiger partial charge in [-0.3, -0.25) is 0 Å². The molecule has 0 aromatic heterocycles. The number of methoxy groups -OCH3 is 2. The van der Waals surface area contributed by atoms with E-state index in [0.717, 1.165) is 0 Å². The Balaban J connectivity index is 2.69. The molecule has 11 heavy (non-hydrogen) atoms. The Kier molecular flexibility index (Phi) is 9.70. The first-order valence-electron chi connectivity index (χ1n) is 3.55. The summed E-state index contributed by atoms with van der Waals surface area (Å²) in [6.07, 6.45) is 0. The van der Waals surface area contributed by atoms with E-state index in [9.17, 15) is 0 Å². The summed E-state index contributed by atoms with van der Waals surface area (Å²) in [6.45, 7) is 2.67. The SMILES string of the molecule is COCCOCOCCOC. The van der Waals surface area contributed by atoms with Crippen LogP contribution in [-0.2, 0) is 18.9 Å². The molecule has 4 heteroatoms. The van der Waals surface area contributed by atoms with Crippen LogP contribution in [0.15, 0.2) is 0 Å². The van der Waals surface area contributed by atoms with Crippen molar-refractivity contribution >= 4 is 0 Å². The molecular weight excluding hydrogens is 148 g/mol. The fourth-order valence-corrected chi connectivity index (χ4v) is 0.461. The zero-order valence-electron chi connectivity index (χ0n) is 7.17. The lowest BCUT2D eigenvalue weighted by Gasteiger charge is -2.03. The third-order valence-electron chi connectivity index (χ3n) is 1.03. The second-order valence-electron chi connectivity index (χ2n) is 1.92. The van der Waals surface area contributed by atoms with Crippen LogP contribution in [0, 0.1) is 0 Å². The maximum Gasteiger partial charge on any atom is 0.146 e. The summed E-state index contributed by atoms with van der Waals surface area (Å²) in [5.41, 5.74) is 0. The molecule has 0 aromatic rings. The van der Waals surface area contributed by atoms with E-state index in [4.69, 9.17) is 18.9 Å². The van der Waals surface area contributed by atoms with Gasteiger partial charge in [0.15, 0.2) is 0 Å². The molecular formula is C7H16O4. The quantitative estimate of drug-likeness (QED) is 0.381. The smallest absolute Gasteiger partial charge is 0.146 e. The third-order valence-corrected chi connectivity index (χ3v) is 1.03. The lowest BCUT2D eigenvalue weighted by molar-refractivity contribution is -0.0755. The molecule has 0 aliphatic heterocycles. The van der Waals surface area contributed by atoms with Gasteiger partial charge in [-0.2, -0.15) is 0 Å². The zero-order valence-corrected chi connectivity index (χ0v) is 7.17. The molecule has 0 unspecified atom stereocenters. The minimum atomic E-state index is 0.312. The summed E-state index contributed by atoms with van der Waals surface area (Å²) in [6, 6.07) is 0. The predicted octanol–water partition coefficient (Wildman–Crippen LogP) is 0.270. The van der Waals surface area contributed by atoms with Gasteiger partial charge in [0.25, 0.3) is 0 Å². The molecule has 0 aliphatic rings. The van der Waals surface area contributed by atoms with Gasteiger partial charge in [-0.1, -0.05) is 0 Å². The van der Waals surface area contributed by atoms with Crippen LogP contribution in [0.25, 0.3) is 0 Å². The molecule has 0 amide bonds. The topological polar surface area (TPSA) is 36.9 Å². The van der Waals surface area contributed by atoms with Crippen molar-refractivity contribution in [1.82, 2.24) is 0 Å². The molecule has 0 aliphatic carbocycles. The standard InChI is InChI=1S/C7H16O4/c1-8-3-5-10-7-11-6-4-9-2/h3-7H2,1-2H3. The van der Waals surface area contributed by atoms with E-state index in [2.05, 4.69) is 0 Å². The molecule has 68 valence electrons. The van der Waals surface area contributed by atoms with Gasteiger partial charge in [0.2, 0.25) is 0 Å². The average Bonchev–Trinajstić information content (AvgIpc) is 2.03. The maximum absolute atomic E-state index is 5.02. The fourth-order valence-electron chi connectivity index (χ4n) is 0.461. The van der Waals surface area contributed by atoms with Crippen LogP contribution >= 0.6 is 0 Å². The van der Waals surface area contributed by atoms with Crippen LogP contribution in [0.1, 0.15) is 0 Å². The van der Waals surface area contributed by atoms with Gasteiger partial charge in [-0.05, 0) is 0 Å². The molecule has 4 nitrogen and oxygen atoms in total. The van der Waals surface area contributed by atoms with Crippen LogP contribution in [0.2, 0.25) is 0 Å². The Labute approximate surface area is 67.4 Å². The summed E-state index contributed by atoms with van der Waals surface area (Å²) in [7, 11) is 3.27. The molecule has 0 rings (SSSR count). The zero-order chi connectivity index (χ0) is 8.36. The van der Waals surface area contributed by atoms with Crippen LogP contribution in [-0.4, -0.2) is 47.4 Å². The molecule has 0 fully saturated rings. The summed E-state index contributed by atoms with van der Waals surface area (Å²) in [5, 5.41) is 0. The molecule has 0 aromatic carbocycles. The monoisotopic (exact) mass is 164 g/mol. The summed E-state index contributed by atoms with van der Waals surface area (Å²) < 4.78 is 19.6. The number of hydrogen-bond acceptors (Lipinski definition) is 4. The molecule has 0 saturated carbocycles. The largest absolute Gasteiger partial charge is 0.382 e. The van der Waals surface area contributed by atoms with Gasteiger partial charge >= 0.3 is 0 Å². The Hall–Kier alpha value is -0.160. The fraction of sp³-hybridized carbons (Fsp3) is 1.00. The Bertz CT molecular complexity index is 59.5. The Morgan fingerprint density at radius 2 is 1.18 bits per heavy atom. The lowest BCUT2D eigenvalue weighted by Crippen LogP contribution is -2.08. The van der Waals surface area contributed by atoms with Crippen molar-refractivity contribution in [2.24, 2.45) is 0 Å². The van der Waals surface area contributed by atoms with E-state index in [1.807, 2.05) is 0 Å². The Morgan fingerprint density at radius 3 is 1.55 bits per heavy atom. The summed E-state index contributed by atoms with van der Waals surface area (Å²) in [5.74, 6) is 0. The first-order valence-corrected chi connectivity index (χ1v) is 3.55. The third kappa shape index (κ3) is 9.84. The number of rotatable bonds is 8. The predicted molar refractivity (Wildman–Crippen MR) is 40.5 cm³/mol. The van der Waals surface area contributed by atoms with Crippen molar-refractivity contribution in [1.29, 1.82) is 0 Å². The van der Waals surface area contributed by atoms with E-state index in [1.54, 1.807) is 14.2 Å². The van der Waals surface area contributed by atoms with Crippen molar-refractivity contribution in [3.05, 3.63) is 0 Å². The molecule has 0 saturated heterocycles. The van der Waals surface area contributed by atoms with Gasteiger partial charge < -0.3 is 18.9 Å². The number of ether oxygens (including phenoxy) is 4. The number of hydrogen-bond donors (Lipinski definition) is 0. The highest BCUT2D eigenvalue weighted by Gasteiger charge is 1.87. The minimum absolute atomic E-state index is 0.312. The van der Waals surface area contributed by atoms with Gasteiger partial charge in [0.1, 0.15) is 6.79 Å². The first kappa shape index (κ1) is 10.8. The van der Waals surface area contributed by atoms with Crippen molar-refractivity contribution in [3.63, 3.8) is 0 Å². The van der Waals surface area contributed by atoms with Crippen LogP contribution < -0.4 is 0 Å². The van der Waals surface area contributed by atoms with Crippen LogP contribution in [0.5, 0.6) is 0 Å². The summed E-state index contributed by atoms with van der Waals surface area (Å²) in [4.78, 5) is 0. The molecule has 0 atom stereocenters. The first-order chi connectivity index (χ1) is 5.41. The molecule has 0 spiro atoms. The molecule has 0 N–H and O–H groups in total. The van der Waals surface area contributed by atoms with E-state index < -0.39 is 0 Å². The van der Waals surface area contributed by atoms with Gasteiger partial charge in [0.05, 0.1) is 26.4 Å². The van der Waals surface area contributed by atoms with Crippen molar-refractivity contribution in [2.75, 3.05) is 47.4 Å². The molecule has 0 bridgehead atoms. The van der Waals surface area contributed by atoms with Crippen molar-refractivity contribution < 1.29 is 18.9 Å². The highest BCUT2D eigenvalue weighted by Crippen LogP contribution is 1.79. The van der Waals surface area contributed by atoms with E-state index in [0.29, 0.717) is 33.2 Å². The Morgan fingerprint density at radius 1 is 0.727 bits per heavy atom. The van der Waals surface area contributed by atoms with Crippen LogP contribution in [0.4, 0.5) is 0 Å². The second kappa shape index (κ2) is 9.84. The van der Waals surface area contributed by atoms with E-state index in [1.165, 1.54) is 0 Å². The second-order valence-corrected chi connectivity index (χ2v) is 1.92. The average molecular weight is 164 g/mol. The summed E-state index contributed by atoms with van der Waals surface area (Å²) >= 11 is 0. The van der Waals surface area contributed by atoms with E-state index in [-0.39, 0.29) is 0 Å². The highest BCUT2D eigenvalue weighted by atomic mass is 16.7. The maximum atomic E-state index is 5.02. The molecule has 0 heterocycles. The lowest BCUT2D eigenvalue weighted by atomic mass is 10.8. The molecule has 0 radical (unpaired) electrons.